The zero-order chi connectivity index (χ0) is 9.52. The largest absolute Gasteiger partial charge is 0.381 e. The maximum atomic E-state index is 8.35. The van der Waals surface area contributed by atoms with Crippen LogP contribution >= 0.6 is 0 Å². The van der Waals surface area contributed by atoms with E-state index >= 15 is 0 Å². The lowest BCUT2D eigenvalue weighted by atomic mass is 10.1. The van der Waals surface area contributed by atoms with E-state index in [0.29, 0.717) is 11.9 Å². The van der Waals surface area contributed by atoms with Gasteiger partial charge in [0.05, 0.1) is 6.61 Å². The molecule has 6 nitrogen and oxygen atoms in total. The molecule has 1 atom stereocenters. The van der Waals surface area contributed by atoms with Crippen LogP contribution in [0.2, 0.25) is 0 Å². The number of guanidine groups is 1. The summed E-state index contributed by atoms with van der Waals surface area (Å²) in [5.74, 6) is 1.06. The summed E-state index contributed by atoms with van der Waals surface area (Å²) < 4.78 is 5.22. The number of hydrazine groups is 1. The van der Waals surface area contributed by atoms with Gasteiger partial charge in [-0.3, -0.25) is 15.6 Å². The van der Waals surface area contributed by atoms with Crippen LogP contribution in [0.1, 0.15) is 6.42 Å². The van der Waals surface area contributed by atoms with Crippen LogP contribution in [0.4, 0.5) is 0 Å². The van der Waals surface area contributed by atoms with Crippen LogP contribution in [0.5, 0.6) is 0 Å². The molecule has 0 aromatic rings. The van der Waals surface area contributed by atoms with Crippen molar-refractivity contribution < 1.29 is 9.94 Å². The monoisotopic (exact) mass is 188 g/mol. The van der Waals surface area contributed by atoms with Gasteiger partial charge in [0.2, 0.25) is 5.96 Å². The van der Waals surface area contributed by atoms with Gasteiger partial charge >= 0.3 is 0 Å². The van der Waals surface area contributed by atoms with Crippen LogP contribution in [0, 0.1) is 5.92 Å². The molecule has 0 amide bonds. The van der Waals surface area contributed by atoms with Gasteiger partial charge in [-0.25, -0.2) is 0 Å². The minimum atomic E-state index is 0.523. The molecular formula is C7H16N4O2. The molecule has 0 aliphatic carbocycles. The van der Waals surface area contributed by atoms with Crippen molar-refractivity contribution in [3.8, 4) is 0 Å². The third-order valence-electron chi connectivity index (χ3n) is 1.98. The van der Waals surface area contributed by atoms with Crippen molar-refractivity contribution >= 4 is 5.96 Å². The van der Waals surface area contributed by atoms with Crippen LogP contribution in [0.3, 0.4) is 0 Å². The molecule has 0 aromatic carbocycles. The van der Waals surface area contributed by atoms with Gasteiger partial charge in [0.1, 0.15) is 0 Å². The second kappa shape index (κ2) is 5.74. The molecule has 4 N–H and O–H groups in total. The van der Waals surface area contributed by atoms with E-state index in [1.165, 1.54) is 0 Å². The van der Waals surface area contributed by atoms with Crippen LogP contribution in [-0.4, -0.2) is 38.0 Å². The first-order valence-electron chi connectivity index (χ1n) is 4.30. The summed E-state index contributed by atoms with van der Waals surface area (Å²) in [6.45, 7) is 2.45. The summed E-state index contributed by atoms with van der Waals surface area (Å²) in [4.78, 5) is 3.87. The van der Waals surface area contributed by atoms with Crippen molar-refractivity contribution in [2.75, 3.05) is 26.8 Å². The molecule has 1 fully saturated rings. The Bertz CT molecular complexity index is 168. The molecule has 0 bridgehead atoms. The summed E-state index contributed by atoms with van der Waals surface area (Å²) in [5.41, 5.74) is 4.28. The summed E-state index contributed by atoms with van der Waals surface area (Å²) in [6, 6.07) is 0. The number of ether oxygens (including phenoxy) is 1. The molecule has 13 heavy (non-hydrogen) atoms. The molecule has 76 valence electrons. The highest BCUT2D eigenvalue weighted by Crippen LogP contribution is 2.10. The van der Waals surface area contributed by atoms with Gasteiger partial charge in [0.15, 0.2) is 0 Å². The van der Waals surface area contributed by atoms with Crippen molar-refractivity contribution in [2.24, 2.45) is 10.9 Å². The highest BCUT2D eigenvalue weighted by atomic mass is 16.5. The Morgan fingerprint density at radius 3 is 3.08 bits per heavy atom. The number of rotatable bonds is 3. The van der Waals surface area contributed by atoms with Gasteiger partial charge in [0.25, 0.3) is 0 Å². The van der Waals surface area contributed by atoms with Crippen LogP contribution < -0.4 is 16.3 Å². The lowest BCUT2D eigenvalue weighted by Gasteiger charge is -2.12. The predicted molar refractivity (Wildman–Crippen MR) is 48.3 cm³/mol. The third-order valence-corrected chi connectivity index (χ3v) is 1.98. The van der Waals surface area contributed by atoms with Gasteiger partial charge in [0, 0.05) is 26.1 Å². The summed E-state index contributed by atoms with van der Waals surface area (Å²) in [5, 5.41) is 11.4. The lowest BCUT2D eigenvalue weighted by molar-refractivity contribution is 0.143. The van der Waals surface area contributed by atoms with Gasteiger partial charge in [-0.2, -0.15) is 0 Å². The van der Waals surface area contributed by atoms with E-state index in [2.05, 4.69) is 15.7 Å². The normalized spacial score (nSPS) is 23.2. The molecule has 6 heteroatoms. The molecule has 0 spiro atoms. The first-order valence-corrected chi connectivity index (χ1v) is 4.30. The summed E-state index contributed by atoms with van der Waals surface area (Å²) in [6.07, 6.45) is 1.08. The van der Waals surface area contributed by atoms with E-state index < -0.39 is 0 Å². The number of nitrogens with zero attached hydrogens (tertiary/aromatic N) is 1. The molecule has 0 saturated carbocycles. The zero-order valence-electron chi connectivity index (χ0n) is 7.71. The van der Waals surface area contributed by atoms with Crippen LogP contribution in [0.15, 0.2) is 4.99 Å². The Morgan fingerprint density at radius 1 is 1.69 bits per heavy atom. The number of hydrogen-bond donors (Lipinski definition) is 4. The number of aliphatic imine (C=N–C) groups is 1. The second-order valence-electron chi connectivity index (χ2n) is 2.92. The molecule has 1 heterocycles. The Balaban J connectivity index is 2.15. The number of nitrogens with one attached hydrogen (secondary N) is 3. The predicted octanol–water partition coefficient (Wildman–Crippen LogP) is -0.918. The molecule has 1 rings (SSSR count). The smallest absolute Gasteiger partial charge is 0.207 e. The Kier molecular flexibility index (Phi) is 4.52. The molecule has 1 saturated heterocycles. The Hall–Kier alpha value is -0.850. The zero-order valence-corrected chi connectivity index (χ0v) is 7.71. The minimum absolute atomic E-state index is 0.523. The van der Waals surface area contributed by atoms with Crippen LogP contribution in [0.25, 0.3) is 0 Å². The molecule has 1 aliphatic heterocycles. The van der Waals surface area contributed by atoms with Gasteiger partial charge in [-0.05, 0) is 6.42 Å². The van der Waals surface area contributed by atoms with Gasteiger partial charge in [-0.1, -0.05) is 0 Å². The standard InChI is InChI=1S/C7H16N4O2/c1-8-7(10-11-12)9-4-6-2-3-13-5-6/h6,11-12H,2-5H2,1H3,(H2,8,9,10). The maximum Gasteiger partial charge on any atom is 0.207 e. The van der Waals surface area contributed by atoms with E-state index in [0.717, 1.165) is 26.2 Å². The van der Waals surface area contributed by atoms with Gasteiger partial charge < -0.3 is 10.1 Å². The van der Waals surface area contributed by atoms with Crippen molar-refractivity contribution in [3.63, 3.8) is 0 Å². The van der Waals surface area contributed by atoms with E-state index in [1.807, 2.05) is 5.59 Å². The maximum absolute atomic E-state index is 8.35. The Morgan fingerprint density at radius 2 is 2.54 bits per heavy atom. The quantitative estimate of drug-likeness (QED) is 0.262. The minimum Gasteiger partial charge on any atom is -0.381 e. The highest BCUT2D eigenvalue weighted by Gasteiger charge is 2.15. The fourth-order valence-electron chi connectivity index (χ4n) is 1.22. The molecule has 0 aromatic heterocycles. The summed E-state index contributed by atoms with van der Waals surface area (Å²) >= 11 is 0. The fourth-order valence-corrected chi connectivity index (χ4v) is 1.22. The van der Waals surface area contributed by atoms with E-state index in [1.54, 1.807) is 7.05 Å². The van der Waals surface area contributed by atoms with Crippen molar-refractivity contribution in [3.05, 3.63) is 0 Å². The van der Waals surface area contributed by atoms with Crippen molar-refractivity contribution in [1.29, 1.82) is 0 Å². The van der Waals surface area contributed by atoms with E-state index in [4.69, 9.17) is 9.94 Å². The Labute approximate surface area is 77.3 Å². The van der Waals surface area contributed by atoms with E-state index in [9.17, 15) is 0 Å². The first kappa shape index (κ1) is 10.2. The summed E-state index contributed by atoms with van der Waals surface area (Å²) in [7, 11) is 1.64. The SMILES string of the molecule is CN=C(NCC1CCOC1)NNO. The second-order valence-corrected chi connectivity index (χ2v) is 2.92. The third kappa shape index (κ3) is 3.58. The van der Waals surface area contributed by atoms with E-state index in [-0.39, 0.29) is 0 Å². The molecule has 0 radical (unpaired) electrons. The average molecular weight is 188 g/mol. The van der Waals surface area contributed by atoms with Crippen molar-refractivity contribution in [2.45, 2.75) is 6.42 Å². The van der Waals surface area contributed by atoms with Crippen molar-refractivity contribution in [1.82, 2.24) is 16.3 Å². The lowest BCUT2D eigenvalue weighted by Crippen LogP contribution is -2.45. The first-order chi connectivity index (χ1) is 6.36. The molecular weight excluding hydrogens is 172 g/mol. The topological polar surface area (TPSA) is 77.9 Å². The van der Waals surface area contributed by atoms with Crippen LogP contribution in [-0.2, 0) is 4.74 Å². The van der Waals surface area contributed by atoms with Gasteiger partial charge in [-0.15, -0.1) is 5.59 Å². The fraction of sp³-hybridized carbons (Fsp3) is 0.857. The number of hydrogen-bond acceptors (Lipinski definition) is 4. The molecule has 1 unspecified atom stereocenters. The molecule has 1 aliphatic rings. The highest BCUT2D eigenvalue weighted by molar-refractivity contribution is 5.78. The average Bonchev–Trinajstić information content (AvgIpc) is 2.64.